The van der Waals surface area contributed by atoms with Gasteiger partial charge in [-0.15, -0.1) is 0 Å². The van der Waals surface area contributed by atoms with E-state index in [0.717, 1.165) is 18.5 Å². The summed E-state index contributed by atoms with van der Waals surface area (Å²) in [5.41, 5.74) is 12.7. The van der Waals surface area contributed by atoms with Crippen molar-refractivity contribution in [3.63, 3.8) is 0 Å². The normalized spacial score (nSPS) is 17.4. The number of para-hydroxylation sites is 1. The standard InChI is InChI=1S/C12H18N4/c13-12(14-10-6-4-5-7-10)16-15-11-8-2-1-3-9-11/h1-3,8-10,15H,4-7H2,(H3,13,14,16). The topological polar surface area (TPSA) is 62.4 Å². The highest BCUT2D eigenvalue weighted by atomic mass is 15.4. The molecule has 1 fully saturated rings. The van der Waals surface area contributed by atoms with Gasteiger partial charge in [0.1, 0.15) is 0 Å². The zero-order chi connectivity index (χ0) is 11.2. The van der Waals surface area contributed by atoms with Crippen LogP contribution in [0, 0.1) is 0 Å². The number of rotatable bonds is 3. The Morgan fingerprint density at radius 1 is 1.19 bits per heavy atom. The molecule has 16 heavy (non-hydrogen) atoms. The van der Waals surface area contributed by atoms with Crippen LogP contribution in [-0.4, -0.2) is 12.0 Å². The lowest BCUT2D eigenvalue weighted by atomic mass is 10.3. The third-order valence-electron chi connectivity index (χ3n) is 2.76. The number of anilines is 1. The molecule has 0 amide bonds. The van der Waals surface area contributed by atoms with Crippen LogP contribution in [0.4, 0.5) is 5.69 Å². The van der Waals surface area contributed by atoms with Crippen LogP contribution in [0.3, 0.4) is 0 Å². The number of nitrogens with one attached hydrogen (secondary N) is 2. The van der Waals surface area contributed by atoms with E-state index in [1.165, 1.54) is 12.8 Å². The Morgan fingerprint density at radius 2 is 1.88 bits per heavy atom. The lowest BCUT2D eigenvalue weighted by molar-refractivity contribution is 0.700. The lowest BCUT2D eigenvalue weighted by Crippen LogP contribution is -2.37. The van der Waals surface area contributed by atoms with Gasteiger partial charge in [0.15, 0.2) is 0 Å². The minimum Gasteiger partial charge on any atom is -0.369 e. The second kappa shape index (κ2) is 5.39. The van der Waals surface area contributed by atoms with Crippen LogP contribution in [0.5, 0.6) is 0 Å². The fourth-order valence-electron chi connectivity index (χ4n) is 1.92. The van der Waals surface area contributed by atoms with Gasteiger partial charge in [0.05, 0.1) is 11.7 Å². The van der Waals surface area contributed by atoms with Gasteiger partial charge >= 0.3 is 0 Å². The maximum Gasteiger partial charge on any atom is 0.207 e. The molecule has 1 aromatic rings. The molecular formula is C12H18N4. The first kappa shape index (κ1) is 10.8. The van der Waals surface area contributed by atoms with Gasteiger partial charge in [0.25, 0.3) is 0 Å². The summed E-state index contributed by atoms with van der Waals surface area (Å²) in [7, 11) is 0. The van der Waals surface area contributed by atoms with Crippen LogP contribution in [0.1, 0.15) is 25.7 Å². The predicted molar refractivity (Wildman–Crippen MR) is 67.1 cm³/mol. The number of nitrogens with zero attached hydrogens (tertiary/aromatic N) is 1. The molecule has 0 spiro atoms. The first-order valence-electron chi connectivity index (χ1n) is 5.75. The van der Waals surface area contributed by atoms with Crippen molar-refractivity contribution in [2.24, 2.45) is 10.7 Å². The number of hydrazine groups is 1. The smallest absolute Gasteiger partial charge is 0.207 e. The summed E-state index contributed by atoms with van der Waals surface area (Å²) in [4.78, 5) is 4.41. The molecule has 0 unspecified atom stereocenters. The number of aliphatic imine (C=N–C) groups is 1. The quantitative estimate of drug-likeness (QED) is 0.412. The Bertz CT molecular complexity index is 341. The average Bonchev–Trinajstić information content (AvgIpc) is 2.81. The highest BCUT2D eigenvalue weighted by Gasteiger charge is 2.13. The van der Waals surface area contributed by atoms with Crippen LogP contribution in [0.25, 0.3) is 0 Å². The average molecular weight is 218 g/mol. The van der Waals surface area contributed by atoms with E-state index in [2.05, 4.69) is 15.8 Å². The number of nitrogens with two attached hydrogens (primary N) is 1. The zero-order valence-corrected chi connectivity index (χ0v) is 9.32. The molecule has 4 heteroatoms. The Morgan fingerprint density at radius 3 is 2.56 bits per heavy atom. The summed E-state index contributed by atoms with van der Waals surface area (Å²) in [6.07, 6.45) is 4.86. The van der Waals surface area contributed by atoms with Crippen molar-refractivity contribution >= 4 is 11.6 Å². The molecule has 0 bridgehead atoms. The van der Waals surface area contributed by atoms with E-state index >= 15 is 0 Å². The Labute approximate surface area is 95.9 Å². The highest BCUT2D eigenvalue weighted by Crippen LogP contribution is 2.20. The fraction of sp³-hybridized carbons (Fsp3) is 0.417. The van der Waals surface area contributed by atoms with E-state index in [-0.39, 0.29) is 0 Å². The summed E-state index contributed by atoms with van der Waals surface area (Å²) < 4.78 is 0. The maximum absolute atomic E-state index is 5.78. The van der Waals surface area contributed by atoms with Gasteiger partial charge < -0.3 is 5.73 Å². The summed E-state index contributed by atoms with van der Waals surface area (Å²) in [6, 6.07) is 10.3. The third-order valence-corrected chi connectivity index (χ3v) is 2.76. The monoisotopic (exact) mass is 218 g/mol. The molecular weight excluding hydrogens is 200 g/mol. The molecule has 0 saturated heterocycles. The summed E-state index contributed by atoms with van der Waals surface area (Å²) in [5, 5.41) is 0. The highest BCUT2D eigenvalue weighted by molar-refractivity contribution is 5.79. The van der Waals surface area contributed by atoms with Crippen molar-refractivity contribution < 1.29 is 0 Å². The van der Waals surface area contributed by atoms with Gasteiger partial charge in [0.2, 0.25) is 5.96 Å². The van der Waals surface area contributed by atoms with E-state index < -0.39 is 0 Å². The Kier molecular flexibility index (Phi) is 3.64. The number of hydrogen-bond donors (Lipinski definition) is 3. The Balaban J connectivity index is 1.81. The molecule has 4 nitrogen and oxygen atoms in total. The van der Waals surface area contributed by atoms with Gasteiger partial charge in [-0.1, -0.05) is 31.0 Å². The second-order valence-corrected chi connectivity index (χ2v) is 4.07. The minimum atomic E-state index is 0.407. The van der Waals surface area contributed by atoms with Gasteiger partial charge in [0, 0.05) is 0 Å². The predicted octanol–water partition coefficient (Wildman–Crippen LogP) is 1.86. The molecule has 0 aromatic heterocycles. The molecule has 1 aliphatic rings. The first-order chi connectivity index (χ1) is 7.84. The van der Waals surface area contributed by atoms with E-state index in [4.69, 9.17) is 5.73 Å². The van der Waals surface area contributed by atoms with Crippen molar-refractivity contribution in [1.82, 2.24) is 5.43 Å². The zero-order valence-electron chi connectivity index (χ0n) is 9.32. The van der Waals surface area contributed by atoms with Crippen molar-refractivity contribution in [3.8, 4) is 0 Å². The van der Waals surface area contributed by atoms with Crippen LogP contribution >= 0.6 is 0 Å². The molecule has 0 heterocycles. The molecule has 0 aliphatic heterocycles. The van der Waals surface area contributed by atoms with Gasteiger partial charge in [-0.2, -0.15) is 0 Å². The fourth-order valence-corrected chi connectivity index (χ4v) is 1.92. The van der Waals surface area contributed by atoms with E-state index in [1.54, 1.807) is 0 Å². The van der Waals surface area contributed by atoms with Crippen molar-refractivity contribution in [1.29, 1.82) is 0 Å². The minimum absolute atomic E-state index is 0.407. The number of guanidine groups is 1. The largest absolute Gasteiger partial charge is 0.369 e. The van der Waals surface area contributed by atoms with Crippen LogP contribution in [0.15, 0.2) is 35.3 Å². The molecule has 0 atom stereocenters. The SMILES string of the molecule is NC(=NC1CCCC1)NNc1ccccc1. The van der Waals surface area contributed by atoms with E-state index in [1.807, 2.05) is 30.3 Å². The van der Waals surface area contributed by atoms with Crippen LogP contribution < -0.4 is 16.6 Å². The van der Waals surface area contributed by atoms with E-state index in [9.17, 15) is 0 Å². The molecule has 1 saturated carbocycles. The number of benzene rings is 1. The lowest BCUT2D eigenvalue weighted by Gasteiger charge is -2.10. The summed E-state index contributed by atoms with van der Waals surface area (Å²) >= 11 is 0. The molecule has 1 aliphatic carbocycles. The molecule has 2 rings (SSSR count). The van der Waals surface area contributed by atoms with Gasteiger partial charge in [-0.05, 0) is 25.0 Å². The van der Waals surface area contributed by atoms with Crippen molar-refractivity contribution in [2.75, 3.05) is 5.43 Å². The van der Waals surface area contributed by atoms with Gasteiger partial charge in [-0.3, -0.25) is 10.9 Å². The number of hydrogen-bond acceptors (Lipinski definition) is 2. The van der Waals surface area contributed by atoms with E-state index in [0.29, 0.717) is 12.0 Å². The van der Waals surface area contributed by atoms with Crippen molar-refractivity contribution in [2.45, 2.75) is 31.7 Å². The molecule has 0 radical (unpaired) electrons. The molecule has 4 N–H and O–H groups in total. The summed E-state index contributed by atoms with van der Waals surface area (Å²) in [5.74, 6) is 0.468. The summed E-state index contributed by atoms with van der Waals surface area (Å²) in [6.45, 7) is 0. The maximum atomic E-state index is 5.78. The molecule has 86 valence electrons. The van der Waals surface area contributed by atoms with Gasteiger partial charge in [-0.25, -0.2) is 4.99 Å². The molecule has 1 aromatic carbocycles. The second-order valence-electron chi connectivity index (χ2n) is 4.07. The van der Waals surface area contributed by atoms with Crippen LogP contribution in [-0.2, 0) is 0 Å². The third kappa shape index (κ3) is 3.15. The van der Waals surface area contributed by atoms with Crippen molar-refractivity contribution in [3.05, 3.63) is 30.3 Å². The Hall–Kier alpha value is -1.71. The van der Waals surface area contributed by atoms with Crippen LogP contribution in [0.2, 0.25) is 0 Å². The first-order valence-corrected chi connectivity index (χ1v) is 5.75.